The van der Waals surface area contributed by atoms with Crippen molar-refractivity contribution in [1.29, 1.82) is 0 Å². The van der Waals surface area contributed by atoms with E-state index >= 15 is 0 Å². The van der Waals surface area contributed by atoms with E-state index in [4.69, 9.17) is 0 Å². The number of halogens is 2. The van der Waals surface area contributed by atoms with Crippen LogP contribution in [0, 0.1) is 5.82 Å². The maximum absolute atomic E-state index is 13.3. The molecule has 1 heterocycles. The summed E-state index contributed by atoms with van der Waals surface area (Å²) in [5.74, 6) is -0.206. The Balaban J connectivity index is 2.32. The van der Waals surface area contributed by atoms with Gasteiger partial charge in [-0.15, -0.1) is 11.3 Å². The maximum Gasteiger partial charge on any atom is 0.123 e. The van der Waals surface area contributed by atoms with Crippen LogP contribution in [-0.2, 0) is 0 Å². The molecule has 0 aliphatic carbocycles. The molecule has 1 aromatic carbocycles. The highest BCUT2D eigenvalue weighted by Crippen LogP contribution is 2.35. The van der Waals surface area contributed by atoms with Crippen LogP contribution in [0.4, 0.5) is 4.39 Å². The van der Waals surface area contributed by atoms with Gasteiger partial charge >= 0.3 is 0 Å². The normalized spacial score (nSPS) is 12.7. The third-order valence-electron chi connectivity index (χ3n) is 2.76. The van der Waals surface area contributed by atoms with Crippen LogP contribution in [0.15, 0.2) is 34.8 Å². The van der Waals surface area contributed by atoms with Crippen LogP contribution in [0.5, 0.6) is 0 Å². The molecule has 0 bridgehead atoms. The molecule has 0 radical (unpaired) electrons. The zero-order chi connectivity index (χ0) is 13.1. The second-order valence-corrected chi connectivity index (χ2v) is 6.08. The zero-order valence-electron chi connectivity index (χ0n) is 10.3. The lowest BCUT2D eigenvalue weighted by molar-refractivity contribution is 0.607. The monoisotopic (exact) mass is 327 g/mol. The Morgan fingerprint density at radius 3 is 2.83 bits per heavy atom. The van der Waals surface area contributed by atoms with Crippen molar-refractivity contribution in [2.75, 3.05) is 6.54 Å². The van der Waals surface area contributed by atoms with Gasteiger partial charge in [-0.25, -0.2) is 4.39 Å². The van der Waals surface area contributed by atoms with Crippen LogP contribution in [-0.4, -0.2) is 6.54 Å². The summed E-state index contributed by atoms with van der Waals surface area (Å²) in [6.45, 7) is 5.17. The van der Waals surface area contributed by atoms with Crippen LogP contribution >= 0.6 is 27.3 Å². The number of nitrogens with one attached hydrogen (secondary N) is 1. The van der Waals surface area contributed by atoms with E-state index in [0.29, 0.717) is 6.04 Å². The van der Waals surface area contributed by atoms with E-state index in [-0.39, 0.29) is 5.82 Å². The molecule has 0 fully saturated rings. The number of benzene rings is 1. The van der Waals surface area contributed by atoms with Gasteiger partial charge in [-0.1, -0.05) is 22.9 Å². The van der Waals surface area contributed by atoms with Crippen molar-refractivity contribution in [1.82, 2.24) is 5.32 Å². The molecule has 1 N–H and O–H groups in total. The molecule has 2 rings (SSSR count). The molecule has 2 aromatic rings. The fourth-order valence-electron chi connectivity index (χ4n) is 1.82. The van der Waals surface area contributed by atoms with Crippen LogP contribution in [0.3, 0.4) is 0 Å². The third kappa shape index (κ3) is 2.99. The highest BCUT2D eigenvalue weighted by atomic mass is 79.9. The van der Waals surface area contributed by atoms with E-state index in [2.05, 4.69) is 41.2 Å². The molecular formula is C14H15BrFNS. The first-order valence-electron chi connectivity index (χ1n) is 5.90. The highest BCUT2D eigenvalue weighted by Gasteiger charge is 2.11. The van der Waals surface area contributed by atoms with Crippen LogP contribution in [0.2, 0.25) is 0 Å². The van der Waals surface area contributed by atoms with Crippen LogP contribution < -0.4 is 5.32 Å². The van der Waals surface area contributed by atoms with Crippen LogP contribution in [0.1, 0.15) is 24.8 Å². The smallest absolute Gasteiger partial charge is 0.123 e. The Kier molecular flexibility index (Phi) is 4.54. The van der Waals surface area contributed by atoms with Crippen molar-refractivity contribution >= 4 is 27.3 Å². The van der Waals surface area contributed by atoms with Gasteiger partial charge in [0.2, 0.25) is 0 Å². The minimum Gasteiger partial charge on any atom is -0.310 e. The van der Waals surface area contributed by atoms with Crippen molar-refractivity contribution in [2.24, 2.45) is 0 Å². The van der Waals surface area contributed by atoms with Gasteiger partial charge in [0.15, 0.2) is 0 Å². The predicted molar refractivity (Wildman–Crippen MR) is 79.5 cm³/mol. The number of thiophene rings is 1. The van der Waals surface area contributed by atoms with Gasteiger partial charge in [-0.05, 0) is 43.8 Å². The number of hydrogen-bond acceptors (Lipinski definition) is 2. The lowest BCUT2D eigenvalue weighted by atomic mass is 10.2. The molecule has 0 aliphatic rings. The predicted octanol–water partition coefficient (Wildman–Crippen LogP) is 4.99. The van der Waals surface area contributed by atoms with Gasteiger partial charge in [0.1, 0.15) is 5.82 Å². The van der Waals surface area contributed by atoms with E-state index in [1.807, 2.05) is 6.07 Å². The van der Waals surface area contributed by atoms with Gasteiger partial charge in [-0.2, -0.15) is 0 Å². The van der Waals surface area contributed by atoms with Crippen molar-refractivity contribution in [3.05, 3.63) is 45.5 Å². The molecule has 18 heavy (non-hydrogen) atoms. The number of rotatable bonds is 4. The Hall–Kier alpha value is -0.710. The van der Waals surface area contributed by atoms with E-state index in [9.17, 15) is 4.39 Å². The molecule has 1 atom stereocenters. The summed E-state index contributed by atoms with van der Waals surface area (Å²) in [5, 5.41) is 3.38. The minimum absolute atomic E-state index is 0.206. The first-order chi connectivity index (χ1) is 8.61. The van der Waals surface area contributed by atoms with Crippen LogP contribution in [0.25, 0.3) is 10.4 Å². The molecular weight excluding hydrogens is 313 g/mol. The van der Waals surface area contributed by atoms with Gasteiger partial charge in [0.25, 0.3) is 0 Å². The maximum atomic E-state index is 13.3. The van der Waals surface area contributed by atoms with Gasteiger partial charge < -0.3 is 5.32 Å². The largest absolute Gasteiger partial charge is 0.310 e. The quantitative estimate of drug-likeness (QED) is 0.834. The van der Waals surface area contributed by atoms with Gasteiger partial charge in [0.05, 0.1) is 0 Å². The molecule has 1 unspecified atom stereocenters. The first-order valence-corrected chi connectivity index (χ1v) is 7.51. The number of hydrogen-bond donors (Lipinski definition) is 1. The fraction of sp³-hybridized carbons (Fsp3) is 0.286. The van der Waals surface area contributed by atoms with E-state index < -0.39 is 0 Å². The van der Waals surface area contributed by atoms with Crippen molar-refractivity contribution in [3.8, 4) is 10.4 Å². The second kappa shape index (κ2) is 5.95. The fourth-order valence-corrected chi connectivity index (χ4v) is 3.48. The SMILES string of the molecule is CCNC(C)c1ccc(-c2cc(F)ccc2Br)s1. The summed E-state index contributed by atoms with van der Waals surface area (Å²) in [7, 11) is 0. The molecule has 4 heteroatoms. The van der Waals surface area contributed by atoms with Crippen molar-refractivity contribution in [3.63, 3.8) is 0 Å². The molecule has 1 aromatic heterocycles. The Bertz CT molecular complexity index is 538. The average Bonchev–Trinajstić information content (AvgIpc) is 2.82. The van der Waals surface area contributed by atoms with E-state index in [0.717, 1.165) is 21.5 Å². The summed E-state index contributed by atoms with van der Waals surface area (Å²) in [5.41, 5.74) is 0.912. The average molecular weight is 328 g/mol. The first kappa shape index (κ1) is 13.7. The van der Waals surface area contributed by atoms with Crippen molar-refractivity contribution < 1.29 is 4.39 Å². The Morgan fingerprint density at radius 1 is 1.33 bits per heavy atom. The lowest BCUT2D eigenvalue weighted by Crippen LogP contribution is -2.16. The van der Waals surface area contributed by atoms with E-state index in [1.165, 1.54) is 10.9 Å². The molecule has 0 aliphatic heterocycles. The lowest BCUT2D eigenvalue weighted by Gasteiger charge is -2.09. The van der Waals surface area contributed by atoms with Gasteiger partial charge in [-0.3, -0.25) is 0 Å². The van der Waals surface area contributed by atoms with Crippen molar-refractivity contribution in [2.45, 2.75) is 19.9 Å². The summed E-state index contributed by atoms with van der Waals surface area (Å²) in [6, 6.07) is 9.26. The molecule has 0 saturated heterocycles. The van der Waals surface area contributed by atoms with Gasteiger partial charge in [0, 0.05) is 25.8 Å². The molecule has 96 valence electrons. The molecule has 0 amide bonds. The molecule has 0 spiro atoms. The topological polar surface area (TPSA) is 12.0 Å². The summed E-state index contributed by atoms with van der Waals surface area (Å²) in [6.07, 6.45) is 0. The Labute approximate surface area is 119 Å². The Morgan fingerprint density at radius 2 is 2.11 bits per heavy atom. The highest BCUT2D eigenvalue weighted by molar-refractivity contribution is 9.10. The summed E-state index contributed by atoms with van der Waals surface area (Å²) in [4.78, 5) is 2.35. The summed E-state index contributed by atoms with van der Waals surface area (Å²) < 4.78 is 14.2. The minimum atomic E-state index is -0.206. The molecule has 1 nitrogen and oxygen atoms in total. The molecule has 0 saturated carbocycles. The zero-order valence-corrected chi connectivity index (χ0v) is 12.7. The standard InChI is InChI=1S/C14H15BrFNS/c1-3-17-9(2)13-6-7-14(18-13)11-8-10(16)4-5-12(11)15/h4-9,17H,3H2,1-2H3. The van der Waals surface area contributed by atoms with E-state index in [1.54, 1.807) is 23.5 Å². The summed E-state index contributed by atoms with van der Waals surface area (Å²) >= 11 is 5.17. The third-order valence-corrected chi connectivity index (χ3v) is 4.75. The second-order valence-electron chi connectivity index (χ2n) is 4.11.